The van der Waals surface area contributed by atoms with Gasteiger partial charge in [0.25, 0.3) is 0 Å². The third kappa shape index (κ3) is 3.91. The van der Waals surface area contributed by atoms with Crippen molar-refractivity contribution in [1.29, 1.82) is 0 Å². The highest BCUT2D eigenvalue weighted by Gasteiger charge is 2.13. The van der Waals surface area contributed by atoms with Gasteiger partial charge in [0.05, 0.1) is 5.39 Å². The second-order valence-electron chi connectivity index (χ2n) is 6.37. The fourth-order valence-corrected chi connectivity index (χ4v) is 3.07. The van der Waals surface area contributed by atoms with Crippen LogP contribution >= 0.6 is 0 Å². The summed E-state index contributed by atoms with van der Waals surface area (Å²) in [5.41, 5.74) is 2.51. The van der Waals surface area contributed by atoms with Gasteiger partial charge in [-0.3, -0.25) is 9.36 Å². The maximum atomic E-state index is 12.8. The number of aliphatic carboxylic acids is 1. The lowest BCUT2D eigenvalue weighted by Crippen LogP contribution is -2.13. The molecule has 0 amide bonds. The summed E-state index contributed by atoms with van der Waals surface area (Å²) in [5, 5.41) is 12.5. The van der Waals surface area contributed by atoms with Crippen LogP contribution in [0.15, 0.2) is 89.9 Å². The highest BCUT2D eigenvalue weighted by Crippen LogP contribution is 2.24. The Labute approximate surface area is 166 Å². The van der Waals surface area contributed by atoms with E-state index >= 15 is 0 Å². The van der Waals surface area contributed by atoms with Gasteiger partial charge in [-0.25, -0.2) is 9.78 Å². The predicted molar refractivity (Wildman–Crippen MR) is 114 cm³/mol. The molecule has 4 aromatic rings. The van der Waals surface area contributed by atoms with E-state index in [1.807, 2.05) is 65.2 Å². The van der Waals surface area contributed by atoms with E-state index in [1.165, 1.54) is 12.1 Å². The number of benzene rings is 2. The lowest BCUT2D eigenvalue weighted by Gasteiger charge is -2.17. The number of carboxylic acid groups (broad SMARTS) is 1. The summed E-state index contributed by atoms with van der Waals surface area (Å²) < 4.78 is 1.87. The van der Waals surface area contributed by atoms with Crippen molar-refractivity contribution < 1.29 is 9.90 Å². The number of nitrogens with zero attached hydrogens (tertiary/aromatic N) is 2. The molecule has 0 radical (unpaired) electrons. The van der Waals surface area contributed by atoms with Crippen molar-refractivity contribution in [3.8, 4) is 5.69 Å². The van der Waals surface area contributed by atoms with Crippen LogP contribution in [-0.2, 0) is 4.79 Å². The SMILES string of the molecule is O=C(O)/C=C/c1cnc2c(c1)c(=O)cc(Nc1ccccc1)n2-c1ccccc1. The van der Waals surface area contributed by atoms with Crippen LogP contribution in [0, 0.1) is 0 Å². The molecule has 0 fully saturated rings. The highest BCUT2D eigenvalue weighted by atomic mass is 16.4. The fourth-order valence-electron chi connectivity index (χ4n) is 3.07. The van der Waals surface area contributed by atoms with Crippen LogP contribution in [0.25, 0.3) is 22.8 Å². The smallest absolute Gasteiger partial charge is 0.328 e. The molecule has 0 saturated heterocycles. The molecule has 0 unspecified atom stereocenters. The number of nitrogens with one attached hydrogen (secondary N) is 1. The molecule has 2 aromatic heterocycles. The summed E-state index contributed by atoms with van der Waals surface area (Å²) in [5.74, 6) is -0.476. The van der Waals surface area contributed by atoms with Gasteiger partial charge in [-0.2, -0.15) is 0 Å². The molecule has 6 nitrogen and oxygen atoms in total. The van der Waals surface area contributed by atoms with Crippen molar-refractivity contribution in [3.05, 3.63) is 101 Å². The van der Waals surface area contributed by atoms with Gasteiger partial charge in [-0.1, -0.05) is 36.4 Å². The average molecular weight is 383 g/mol. The quantitative estimate of drug-likeness (QED) is 0.504. The number of para-hydroxylation sites is 2. The summed E-state index contributed by atoms with van der Waals surface area (Å²) in [6, 6.07) is 22.3. The largest absolute Gasteiger partial charge is 0.478 e. The van der Waals surface area contributed by atoms with Gasteiger partial charge in [0.2, 0.25) is 0 Å². The van der Waals surface area contributed by atoms with Crippen molar-refractivity contribution in [2.24, 2.45) is 0 Å². The standard InChI is InChI=1S/C23H17N3O3/c27-20-14-21(25-17-7-3-1-4-8-17)26(18-9-5-2-6-10-18)23-19(20)13-16(15-24-23)11-12-22(28)29/h1-15,25H,(H,28,29)/b12-11+. The number of hydrogen-bond acceptors (Lipinski definition) is 4. The molecule has 142 valence electrons. The van der Waals surface area contributed by atoms with Crippen LogP contribution in [0.3, 0.4) is 0 Å². The van der Waals surface area contributed by atoms with Crippen molar-refractivity contribution in [2.75, 3.05) is 5.32 Å². The molecular weight excluding hydrogens is 366 g/mol. The number of carboxylic acids is 1. The first kappa shape index (κ1) is 18.2. The topological polar surface area (TPSA) is 84.2 Å². The zero-order valence-electron chi connectivity index (χ0n) is 15.3. The molecule has 6 heteroatoms. The number of rotatable bonds is 5. The van der Waals surface area contributed by atoms with Crippen LogP contribution in [0.1, 0.15) is 5.56 Å². The van der Waals surface area contributed by atoms with Gasteiger partial charge >= 0.3 is 5.97 Å². The number of fused-ring (bicyclic) bond motifs is 1. The average Bonchev–Trinajstić information content (AvgIpc) is 2.74. The monoisotopic (exact) mass is 383 g/mol. The summed E-state index contributed by atoms with van der Waals surface area (Å²) in [4.78, 5) is 28.1. The Kier molecular flexibility index (Phi) is 4.90. The first-order valence-corrected chi connectivity index (χ1v) is 8.96. The lowest BCUT2D eigenvalue weighted by molar-refractivity contribution is -0.131. The maximum absolute atomic E-state index is 12.8. The molecule has 0 spiro atoms. The second-order valence-corrected chi connectivity index (χ2v) is 6.37. The summed E-state index contributed by atoms with van der Waals surface area (Å²) in [6.45, 7) is 0. The molecule has 0 saturated carbocycles. The molecular formula is C23H17N3O3. The maximum Gasteiger partial charge on any atom is 0.328 e. The summed E-state index contributed by atoms with van der Waals surface area (Å²) in [7, 11) is 0. The number of hydrogen-bond donors (Lipinski definition) is 2. The Balaban J connectivity index is 1.94. The van der Waals surface area contributed by atoms with Crippen molar-refractivity contribution in [3.63, 3.8) is 0 Å². The summed E-state index contributed by atoms with van der Waals surface area (Å²) in [6.07, 6.45) is 3.98. The van der Waals surface area contributed by atoms with Crippen LogP contribution in [0.4, 0.5) is 11.5 Å². The summed E-state index contributed by atoms with van der Waals surface area (Å²) >= 11 is 0. The molecule has 4 rings (SSSR count). The number of aromatic nitrogens is 2. The van der Waals surface area contributed by atoms with Gasteiger partial charge in [0.15, 0.2) is 5.43 Å². The van der Waals surface area contributed by atoms with Gasteiger partial charge < -0.3 is 10.4 Å². The molecule has 0 aliphatic carbocycles. The minimum Gasteiger partial charge on any atom is -0.478 e. The number of anilines is 2. The Bertz CT molecular complexity index is 1260. The minimum absolute atomic E-state index is 0.205. The second kappa shape index (κ2) is 7.82. The molecule has 0 aliphatic heterocycles. The lowest BCUT2D eigenvalue weighted by atomic mass is 10.1. The van der Waals surface area contributed by atoms with E-state index in [-0.39, 0.29) is 5.43 Å². The van der Waals surface area contributed by atoms with Crippen LogP contribution in [0.2, 0.25) is 0 Å². The van der Waals surface area contributed by atoms with Gasteiger partial charge in [-0.15, -0.1) is 0 Å². The Morgan fingerprint density at radius 1 is 1.00 bits per heavy atom. The van der Waals surface area contributed by atoms with Crippen molar-refractivity contribution in [1.82, 2.24) is 9.55 Å². The predicted octanol–water partition coefficient (Wildman–Crippen LogP) is 4.23. The van der Waals surface area contributed by atoms with Crippen LogP contribution in [0.5, 0.6) is 0 Å². The molecule has 0 aliphatic rings. The Morgan fingerprint density at radius 3 is 2.38 bits per heavy atom. The van der Waals surface area contributed by atoms with E-state index in [4.69, 9.17) is 5.11 Å². The van der Waals surface area contributed by atoms with E-state index in [9.17, 15) is 9.59 Å². The first-order valence-electron chi connectivity index (χ1n) is 8.96. The van der Waals surface area contributed by atoms with E-state index < -0.39 is 5.97 Å². The van der Waals surface area contributed by atoms with E-state index in [0.717, 1.165) is 17.5 Å². The minimum atomic E-state index is -1.06. The molecule has 2 N–H and O–H groups in total. The van der Waals surface area contributed by atoms with Gasteiger partial charge in [0, 0.05) is 29.7 Å². The van der Waals surface area contributed by atoms with Crippen LogP contribution < -0.4 is 10.7 Å². The van der Waals surface area contributed by atoms with E-state index in [2.05, 4.69) is 10.3 Å². The van der Waals surface area contributed by atoms with Crippen molar-refractivity contribution >= 4 is 34.6 Å². The third-order valence-corrected chi connectivity index (χ3v) is 4.35. The zero-order valence-corrected chi connectivity index (χ0v) is 15.3. The molecule has 0 bridgehead atoms. The zero-order chi connectivity index (χ0) is 20.2. The Hall–Kier alpha value is -4.19. The third-order valence-electron chi connectivity index (χ3n) is 4.35. The number of carbonyl (C=O) groups is 1. The molecule has 2 aromatic carbocycles. The van der Waals surface area contributed by atoms with Gasteiger partial charge in [-0.05, 0) is 42.0 Å². The van der Waals surface area contributed by atoms with E-state index in [1.54, 1.807) is 12.3 Å². The molecule has 0 atom stereocenters. The van der Waals surface area contributed by atoms with E-state index in [0.29, 0.717) is 22.4 Å². The normalized spacial score (nSPS) is 11.0. The van der Waals surface area contributed by atoms with Crippen LogP contribution in [-0.4, -0.2) is 20.6 Å². The molecule has 29 heavy (non-hydrogen) atoms. The van der Waals surface area contributed by atoms with Crippen molar-refractivity contribution in [2.45, 2.75) is 0 Å². The van der Waals surface area contributed by atoms with Gasteiger partial charge in [0.1, 0.15) is 11.5 Å². The highest BCUT2D eigenvalue weighted by molar-refractivity contribution is 5.87. The fraction of sp³-hybridized carbons (Fsp3) is 0. The Morgan fingerprint density at radius 2 is 1.69 bits per heavy atom. The first-order chi connectivity index (χ1) is 14.1. The molecule has 2 heterocycles. The number of pyridine rings is 2.